The molecule has 2 heterocycles. The average Bonchev–Trinajstić information content (AvgIpc) is 3.04. The zero-order valence-corrected chi connectivity index (χ0v) is 14.3. The molecule has 128 valence electrons. The highest BCUT2D eigenvalue weighted by molar-refractivity contribution is 5.49. The first kappa shape index (κ1) is 16.4. The second-order valence-corrected chi connectivity index (χ2v) is 5.86. The molecular weight excluding hydrogens is 304 g/mol. The standard InChI is InChI=1S/C18H24N4O2/c1-3-4-5-8-19-17-10-18(22-13(2)21-17)20-11-14-6-7-15-16(9-14)24-12-23-15/h6-7,9-10H,3-5,8,11-12H2,1-2H3,(H2,19,20,21,22). The summed E-state index contributed by atoms with van der Waals surface area (Å²) >= 11 is 0. The van der Waals surface area contributed by atoms with Gasteiger partial charge in [-0.1, -0.05) is 25.8 Å². The predicted molar refractivity (Wildman–Crippen MR) is 94.7 cm³/mol. The van der Waals surface area contributed by atoms with Crippen molar-refractivity contribution >= 4 is 11.6 Å². The van der Waals surface area contributed by atoms with Crippen molar-refractivity contribution in [2.45, 2.75) is 39.7 Å². The maximum atomic E-state index is 5.41. The van der Waals surface area contributed by atoms with E-state index in [1.54, 1.807) is 0 Å². The summed E-state index contributed by atoms with van der Waals surface area (Å²) in [5.74, 6) is 4.04. The topological polar surface area (TPSA) is 68.3 Å². The average molecular weight is 328 g/mol. The molecule has 0 bridgehead atoms. The SMILES string of the molecule is CCCCCNc1cc(NCc2ccc3c(c2)OCO3)nc(C)n1. The molecule has 2 N–H and O–H groups in total. The molecule has 0 atom stereocenters. The fourth-order valence-corrected chi connectivity index (χ4v) is 2.58. The molecule has 24 heavy (non-hydrogen) atoms. The Hall–Kier alpha value is -2.50. The van der Waals surface area contributed by atoms with Crippen LogP contribution in [-0.2, 0) is 6.54 Å². The summed E-state index contributed by atoms with van der Waals surface area (Å²) in [5.41, 5.74) is 1.12. The summed E-state index contributed by atoms with van der Waals surface area (Å²) in [4.78, 5) is 8.88. The minimum absolute atomic E-state index is 0.296. The number of rotatable bonds is 8. The lowest BCUT2D eigenvalue weighted by Gasteiger charge is -2.10. The van der Waals surface area contributed by atoms with E-state index in [1.165, 1.54) is 12.8 Å². The van der Waals surface area contributed by atoms with Gasteiger partial charge in [0, 0.05) is 19.2 Å². The van der Waals surface area contributed by atoms with Gasteiger partial charge in [0.05, 0.1) is 0 Å². The molecule has 0 saturated heterocycles. The lowest BCUT2D eigenvalue weighted by atomic mass is 10.2. The smallest absolute Gasteiger partial charge is 0.231 e. The van der Waals surface area contributed by atoms with Crippen molar-refractivity contribution in [1.82, 2.24) is 9.97 Å². The van der Waals surface area contributed by atoms with Crippen LogP contribution < -0.4 is 20.1 Å². The second kappa shape index (κ2) is 7.86. The van der Waals surface area contributed by atoms with Gasteiger partial charge in [0.25, 0.3) is 0 Å². The molecule has 1 aromatic carbocycles. The van der Waals surface area contributed by atoms with Crippen molar-refractivity contribution in [3.8, 4) is 11.5 Å². The molecule has 0 aliphatic carbocycles. The summed E-state index contributed by atoms with van der Waals surface area (Å²) in [6.07, 6.45) is 3.60. The van der Waals surface area contributed by atoms with Crippen LogP contribution in [0.4, 0.5) is 11.6 Å². The highest BCUT2D eigenvalue weighted by Gasteiger charge is 2.13. The van der Waals surface area contributed by atoms with E-state index >= 15 is 0 Å². The molecule has 3 rings (SSSR count). The summed E-state index contributed by atoms with van der Waals surface area (Å²) in [5, 5.41) is 6.71. The fraction of sp³-hybridized carbons (Fsp3) is 0.444. The van der Waals surface area contributed by atoms with Crippen LogP contribution >= 0.6 is 0 Å². The first-order chi connectivity index (χ1) is 11.7. The third-order valence-electron chi connectivity index (χ3n) is 3.84. The van der Waals surface area contributed by atoms with Gasteiger partial charge in [0.2, 0.25) is 6.79 Å². The second-order valence-electron chi connectivity index (χ2n) is 5.86. The molecule has 0 radical (unpaired) electrons. The number of unbranched alkanes of at least 4 members (excludes halogenated alkanes) is 2. The minimum atomic E-state index is 0.296. The van der Waals surface area contributed by atoms with Crippen molar-refractivity contribution in [2.24, 2.45) is 0 Å². The van der Waals surface area contributed by atoms with Gasteiger partial charge < -0.3 is 20.1 Å². The Morgan fingerprint density at radius 2 is 1.79 bits per heavy atom. The number of nitrogens with one attached hydrogen (secondary N) is 2. The van der Waals surface area contributed by atoms with Gasteiger partial charge in [-0.25, -0.2) is 9.97 Å². The number of ether oxygens (including phenoxy) is 2. The third-order valence-corrected chi connectivity index (χ3v) is 3.84. The van der Waals surface area contributed by atoms with Crippen LogP contribution in [0.25, 0.3) is 0 Å². The molecule has 2 aromatic rings. The van der Waals surface area contributed by atoms with Crippen molar-refractivity contribution in [3.63, 3.8) is 0 Å². The molecule has 1 aromatic heterocycles. The van der Waals surface area contributed by atoms with Crippen LogP contribution in [0.15, 0.2) is 24.3 Å². The number of fused-ring (bicyclic) bond motifs is 1. The van der Waals surface area contributed by atoms with Gasteiger partial charge in [-0.15, -0.1) is 0 Å². The molecule has 0 fully saturated rings. The van der Waals surface area contributed by atoms with Crippen LogP contribution in [0.1, 0.15) is 37.6 Å². The Morgan fingerprint density at radius 3 is 2.62 bits per heavy atom. The van der Waals surface area contributed by atoms with Crippen LogP contribution in [0.5, 0.6) is 11.5 Å². The van der Waals surface area contributed by atoms with Crippen molar-refractivity contribution in [1.29, 1.82) is 0 Å². The largest absolute Gasteiger partial charge is 0.454 e. The van der Waals surface area contributed by atoms with E-state index in [4.69, 9.17) is 9.47 Å². The molecule has 0 spiro atoms. The number of aryl methyl sites for hydroxylation is 1. The fourth-order valence-electron chi connectivity index (χ4n) is 2.58. The number of benzene rings is 1. The maximum absolute atomic E-state index is 5.41. The van der Waals surface area contributed by atoms with Gasteiger partial charge in [0.1, 0.15) is 17.5 Å². The number of aromatic nitrogens is 2. The number of hydrogen-bond acceptors (Lipinski definition) is 6. The van der Waals surface area contributed by atoms with Crippen LogP contribution in [0.3, 0.4) is 0 Å². The molecule has 1 aliphatic rings. The zero-order valence-electron chi connectivity index (χ0n) is 14.3. The summed E-state index contributed by atoms with van der Waals surface area (Å²) in [7, 11) is 0. The van der Waals surface area contributed by atoms with E-state index in [-0.39, 0.29) is 0 Å². The lowest BCUT2D eigenvalue weighted by molar-refractivity contribution is 0.174. The van der Waals surface area contributed by atoms with Crippen LogP contribution in [0.2, 0.25) is 0 Å². The van der Waals surface area contributed by atoms with E-state index in [0.29, 0.717) is 13.3 Å². The highest BCUT2D eigenvalue weighted by atomic mass is 16.7. The van der Waals surface area contributed by atoms with Crippen molar-refractivity contribution in [2.75, 3.05) is 24.0 Å². The Kier molecular flexibility index (Phi) is 5.36. The van der Waals surface area contributed by atoms with Gasteiger partial charge in [-0.2, -0.15) is 0 Å². The highest BCUT2D eigenvalue weighted by Crippen LogP contribution is 2.32. The van der Waals surface area contributed by atoms with Gasteiger partial charge >= 0.3 is 0 Å². The minimum Gasteiger partial charge on any atom is -0.454 e. The summed E-state index contributed by atoms with van der Waals surface area (Å²) in [6, 6.07) is 7.91. The third kappa shape index (κ3) is 4.28. The number of nitrogens with zero attached hydrogens (tertiary/aromatic N) is 2. The van der Waals surface area contributed by atoms with Gasteiger partial charge in [-0.3, -0.25) is 0 Å². The van der Waals surface area contributed by atoms with E-state index in [0.717, 1.165) is 47.5 Å². The van der Waals surface area contributed by atoms with E-state index in [1.807, 2.05) is 31.2 Å². The van der Waals surface area contributed by atoms with Crippen LogP contribution in [-0.4, -0.2) is 23.3 Å². The van der Waals surface area contributed by atoms with Gasteiger partial charge in [0.15, 0.2) is 11.5 Å². The van der Waals surface area contributed by atoms with Gasteiger partial charge in [-0.05, 0) is 31.0 Å². The first-order valence-electron chi connectivity index (χ1n) is 8.46. The Morgan fingerprint density at radius 1 is 1.00 bits per heavy atom. The molecular formula is C18H24N4O2. The summed E-state index contributed by atoms with van der Waals surface area (Å²) in [6.45, 7) is 6.01. The summed E-state index contributed by atoms with van der Waals surface area (Å²) < 4.78 is 10.7. The number of hydrogen-bond donors (Lipinski definition) is 2. The first-order valence-corrected chi connectivity index (χ1v) is 8.46. The predicted octanol–water partition coefficient (Wildman–Crippen LogP) is 3.73. The molecule has 6 nitrogen and oxygen atoms in total. The van der Waals surface area contributed by atoms with E-state index < -0.39 is 0 Å². The lowest BCUT2D eigenvalue weighted by Crippen LogP contribution is -2.08. The van der Waals surface area contributed by atoms with Crippen LogP contribution in [0, 0.1) is 6.92 Å². The van der Waals surface area contributed by atoms with E-state index in [9.17, 15) is 0 Å². The molecule has 1 aliphatic heterocycles. The normalized spacial score (nSPS) is 12.2. The maximum Gasteiger partial charge on any atom is 0.231 e. The Bertz CT molecular complexity index is 691. The Balaban J connectivity index is 1.59. The monoisotopic (exact) mass is 328 g/mol. The molecule has 0 saturated carbocycles. The molecule has 6 heteroatoms. The zero-order chi connectivity index (χ0) is 16.8. The number of anilines is 2. The molecule has 0 unspecified atom stereocenters. The quantitative estimate of drug-likeness (QED) is 0.720. The Labute approximate surface area is 142 Å². The van der Waals surface area contributed by atoms with Crippen molar-refractivity contribution in [3.05, 3.63) is 35.7 Å². The van der Waals surface area contributed by atoms with Crippen molar-refractivity contribution < 1.29 is 9.47 Å². The molecule has 0 amide bonds. The van der Waals surface area contributed by atoms with E-state index in [2.05, 4.69) is 27.5 Å².